The third kappa shape index (κ3) is 2.99. The molecule has 0 unspecified atom stereocenters. The third-order valence-electron chi connectivity index (χ3n) is 4.34. The summed E-state index contributed by atoms with van der Waals surface area (Å²) >= 11 is 0. The first kappa shape index (κ1) is 16.1. The van der Waals surface area contributed by atoms with E-state index >= 15 is 0 Å². The Morgan fingerprint density at radius 3 is 2.54 bits per heavy atom. The quantitative estimate of drug-likeness (QED) is 0.924. The molecular weight excluding hydrogens is 315 g/mol. The predicted octanol–water partition coefficient (Wildman–Crippen LogP) is 1.67. The van der Waals surface area contributed by atoms with Crippen LogP contribution in [0.25, 0.3) is 0 Å². The lowest BCUT2D eigenvalue weighted by atomic mass is 9.95. The van der Waals surface area contributed by atoms with E-state index in [-0.39, 0.29) is 17.0 Å². The van der Waals surface area contributed by atoms with Crippen LogP contribution in [0.2, 0.25) is 0 Å². The molecule has 126 valence electrons. The van der Waals surface area contributed by atoms with E-state index in [2.05, 4.69) is 10.2 Å². The summed E-state index contributed by atoms with van der Waals surface area (Å²) in [5.74, 6) is -1.34. The van der Waals surface area contributed by atoms with Crippen molar-refractivity contribution in [3.05, 3.63) is 47.3 Å². The number of carbonyl (C=O) groups excluding carboxylic acids is 1. The van der Waals surface area contributed by atoms with Crippen molar-refractivity contribution in [2.75, 3.05) is 13.1 Å². The highest BCUT2D eigenvalue weighted by Crippen LogP contribution is 2.27. The molecule has 2 heterocycles. The molecule has 3 rings (SSSR count). The zero-order chi connectivity index (χ0) is 17.3. The molecule has 0 bridgehead atoms. The molecule has 1 fully saturated rings. The summed E-state index contributed by atoms with van der Waals surface area (Å²) in [4.78, 5) is 24.9. The highest BCUT2D eigenvalue weighted by atomic mass is 19.1. The fourth-order valence-corrected chi connectivity index (χ4v) is 2.99. The van der Waals surface area contributed by atoms with Crippen molar-refractivity contribution in [2.24, 2.45) is 7.05 Å². The standard InChI is InChI=1S/C16H17FN4O3/c1-20-9-18-19-14(20)10-4-6-21(7-5-10)15(22)12-3-2-11(16(23)24)8-13(12)17/h2-3,8-10H,4-7H2,1H3,(H,23,24). The van der Waals surface area contributed by atoms with E-state index in [1.807, 2.05) is 11.6 Å². The Morgan fingerprint density at radius 1 is 1.29 bits per heavy atom. The zero-order valence-corrected chi connectivity index (χ0v) is 13.1. The van der Waals surface area contributed by atoms with Gasteiger partial charge in [0.1, 0.15) is 18.0 Å². The molecule has 0 spiro atoms. The number of likely N-dealkylation sites (tertiary alicyclic amines) is 1. The lowest BCUT2D eigenvalue weighted by molar-refractivity contribution is 0.0685. The minimum atomic E-state index is -1.22. The molecule has 8 heteroatoms. The van der Waals surface area contributed by atoms with E-state index in [0.717, 1.165) is 24.7 Å². The van der Waals surface area contributed by atoms with E-state index in [4.69, 9.17) is 5.11 Å². The number of amides is 1. The molecule has 0 aliphatic carbocycles. The molecule has 24 heavy (non-hydrogen) atoms. The van der Waals surface area contributed by atoms with Crippen LogP contribution < -0.4 is 0 Å². The number of aryl methyl sites for hydroxylation is 1. The summed E-state index contributed by atoms with van der Waals surface area (Å²) in [7, 11) is 1.88. The first-order valence-corrected chi connectivity index (χ1v) is 7.63. The van der Waals surface area contributed by atoms with Gasteiger partial charge in [0.05, 0.1) is 11.1 Å². The molecule has 1 aliphatic heterocycles. The Labute approximate surface area is 137 Å². The maximum Gasteiger partial charge on any atom is 0.335 e. The van der Waals surface area contributed by atoms with Crippen LogP contribution in [0.5, 0.6) is 0 Å². The van der Waals surface area contributed by atoms with Crippen LogP contribution in [0, 0.1) is 5.82 Å². The summed E-state index contributed by atoms with van der Waals surface area (Å²) in [6.07, 6.45) is 3.10. The van der Waals surface area contributed by atoms with Crippen molar-refractivity contribution in [1.29, 1.82) is 0 Å². The number of carboxylic acids is 1. The Bertz CT molecular complexity index is 781. The maximum atomic E-state index is 14.0. The number of rotatable bonds is 3. The van der Waals surface area contributed by atoms with Crippen molar-refractivity contribution < 1.29 is 19.1 Å². The van der Waals surface area contributed by atoms with Gasteiger partial charge < -0.3 is 14.6 Å². The van der Waals surface area contributed by atoms with Crippen LogP contribution in [-0.2, 0) is 7.05 Å². The van der Waals surface area contributed by atoms with Crippen LogP contribution in [0.3, 0.4) is 0 Å². The average molecular weight is 332 g/mol. The molecule has 0 radical (unpaired) electrons. The maximum absolute atomic E-state index is 14.0. The molecule has 0 atom stereocenters. The number of aromatic nitrogens is 3. The molecular formula is C16H17FN4O3. The zero-order valence-electron chi connectivity index (χ0n) is 13.1. The van der Waals surface area contributed by atoms with Gasteiger partial charge in [-0.1, -0.05) is 0 Å². The highest BCUT2D eigenvalue weighted by molar-refractivity contribution is 5.96. The van der Waals surface area contributed by atoms with Gasteiger partial charge in [-0.3, -0.25) is 4.79 Å². The van der Waals surface area contributed by atoms with Gasteiger partial charge >= 0.3 is 5.97 Å². The molecule has 7 nitrogen and oxygen atoms in total. The molecule has 0 saturated carbocycles. The van der Waals surface area contributed by atoms with E-state index in [0.29, 0.717) is 13.1 Å². The van der Waals surface area contributed by atoms with Crippen LogP contribution in [0.4, 0.5) is 4.39 Å². The molecule has 1 amide bonds. The number of piperidine rings is 1. The smallest absolute Gasteiger partial charge is 0.335 e. The summed E-state index contributed by atoms with van der Waals surface area (Å²) in [6.45, 7) is 0.993. The number of carbonyl (C=O) groups is 2. The van der Waals surface area contributed by atoms with Gasteiger partial charge in [-0.25, -0.2) is 9.18 Å². The van der Waals surface area contributed by atoms with Gasteiger partial charge in [-0.05, 0) is 31.0 Å². The lowest BCUT2D eigenvalue weighted by Gasteiger charge is -2.31. The van der Waals surface area contributed by atoms with Crippen molar-refractivity contribution in [2.45, 2.75) is 18.8 Å². The topological polar surface area (TPSA) is 88.3 Å². The lowest BCUT2D eigenvalue weighted by Crippen LogP contribution is -2.38. The first-order valence-electron chi connectivity index (χ1n) is 7.63. The Balaban J connectivity index is 1.69. The molecule has 1 N–H and O–H groups in total. The van der Waals surface area contributed by atoms with Crippen molar-refractivity contribution in [3.63, 3.8) is 0 Å². The summed E-state index contributed by atoms with van der Waals surface area (Å²) in [5, 5.41) is 16.8. The van der Waals surface area contributed by atoms with Crippen LogP contribution in [0.15, 0.2) is 24.5 Å². The van der Waals surface area contributed by atoms with Crippen molar-refractivity contribution in [3.8, 4) is 0 Å². The summed E-state index contributed by atoms with van der Waals surface area (Å²) < 4.78 is 15.9. The SMILES string of the molecule is Cn1cnnc1C1CCN(C(=O)c2ccc(C(=O)O)cc2F)CC1. The van der Waals surface area contributed by atoms with Crippen molar-refractivity contribution >= 4 is 11.9 Å². The van der Waals surface area contributed by atoms with Gasteiger partial charge in [0.15, 0.2) is 0 Å². The second-order valence-corrected chi connectivity index (χ2v) is 5.87. The molecule has 1 aromatic carbocycles. The van der Waals surface area contributed by atoms with E-state index in [9.17, 15) is 14.0 Å². The minimum Gasteiger partial charge on any atom is -0.478 e. The van der Waals surface area contributed by atoms with Crippen LogP contribution in [-0.4, -0.2) is 49.7 Å². The van der Waals surface area contributed by atoms with E-state index in [1.165, 1.54) is 12.1 Å². The Hall–Kier alpha value is -2.77. The fourth-order valence-electron chi connectivity index (χ4n) is 2.99. The fraction of sp³-hybridized carbons (Fsp3) is 0.375. The molecule has 1 aromatic heterocycles. The van der Waals surface area contributed by atoms with Crippen LogP contribution >= 0.6 is 0 Å². The Morgan fingerprint density at radius 2 is 2.00 bits per heavy atom. The minimum absolute atomic E-state index is 0.0999. The predicted molar refractivity (Wildman–Crippen MR) is 82.2 cm³/mol. The number of carboxylic acid groups (broad SMARTS) is 1. The molecule has 2 aromatic rings. The average Bonchev–Trinajstić information content (AvgIpc) is 3.00. The van der Waals surface area contributed by atoms with Gasteiger partial charge in [-0.15, -0.1) is 10.2 Å². The molecule has 1 aliphatic rings. The van der Waals surface area contributed by atoms with E-state index in [1.54, 1.807) is 11.2 Å². The van der Waals surface area contributed by atoms with Gasteiger partial charge in [0.25, 0.3) is 5.91 Å². The number of benzene rings is 1. The monoisotopic (exact) mass is 332 g/mol. The highest BCUT2D eigenvalue weighted by Gasteiger charge is 2.28. The number of aromatic carboxylic acids is 1. The third-order valence-corrected chi connectivity index (χ3v) is 4.34. The number of hydrogen-bond acceptors (Lipinski definition) is 4. The van der Waals surface area contributed by atoms with E-state index < -0.39 is 17.7 Å². The second kappa shape index (κ2) is 6.38. The number of hydrogen-bond donors (Lipinski definition) is 1. The first-order chi connectivity index (χ1) is 11.5. The Kier molecular flexibility index (Phi) is 4.28. The number of halogens is 1. The van der Waals surface area contributed by atoms with Gasteiger partial charge in [-0.2, -0.15) is 0 Å². The van der Waals surface area contributed by atoms with Crippen LogP contribution in [0.1, 0.15) is 45.3 Å². The largest absolute Gasteiger partial charge is 0.478 e. The normalized spacial score (nSPS) is 15.5. The summed E-state index contributed by atoms with van der Waals surface area (Å²) in [6, 6.07) is 3.35. The molecule has 1 saturated heterocycles. The summed E-state index contributed by atoms with van der Waals surface area (Å²) in [5.41, 5.74) is -0.276. The van der Waals surface area contributed by atoms with Crippen molar-refractivity contribution in [1.82, 2.24) is 19.7 Å². The van der Waals surface area contributed by atoms with Gasteiger partial charge in [0, 0.05) is 26.1 Å². The van der Waals surface area contributed by atoms with Gasteiger partial charge in [0.2, 0.25) is 0 Å². The second-order valence-electron chi connectivity index (χ2n) is 5.87. The number of nitrogens with zero attached hydrogens (tertiary/aromatic N) is 4.